The van der Waals surface area contributed by atoms with Crippen molar-refractivity contribution < 1.29 is 0 Å². The maximum atomic E-state index is 2.39. The van der Waals surface area contributed by atoms with Gasteiger partial charge in [0.05, 0.1) is 11.0 Å². The summed E-state index contributed by atoms with van der Waals surface area (Å²) in [4.78, 5) is 0. The van der Waals surface area contributed by atoms with E-state index in [9.17, 15) is 0 Å². The summed E-state index contributed by atoms with van der Waals surface area (Å²) in [5.74, 6) is 0. The van der Waals surface area contributed by atoms with Gasteiger partial charge in [0, 0.05) is 21.9 Å². The molecule has 0 aliphatic heterocycles. The number of nitrogens with zero attached hydrogens (tertiary/aromatic N) is 1. The molecule has 0 bridgehead atoms. The van der Waals surface area contributed by atoms with E-state index in [1.54, 1.807) is 0 Å². The molecule has 34 heavy (non-hydrogen) atoms. The van der Waals surface area contributed by atoms with Crippen LogP contribution in [0.1, 0.15) is 25.0 Å². The van der Waals surface area contributed by atoms with Gasteiger partial charge in [-0.15, -0.1) is 0 Å². The molecule has 0 saturated heterocycles. The van der Waals surface area contributed by atoms with E-state index in [1.807, 2.05) is 0 Å². The topological polar surface area (TPSA) is 4.93 Å². The Morgan fingerprint density at radius 3 is 2.03 bits per heavy atom. The molecular formula is C33H25N. The van der Waals surface area contributed by atoms with Gasteiger partial charge in [-0.05, 0) is 69.8 Å². The van der Waals surface area contributed by atoms with Gasteiger partial charge in [0.2, 0.25) is 0 Å². The standard InChI is InChI=1S/C33H25N/c1-33(2)29-14-8-6-12-25(29)27-20-22(16-18-30(27)33)23-17-19-32-28(21-23)26-13-7-9-15-31(26)34(32)24-10-4-3-5-11-24/h3-21H,1-2H3. The zero-order chi connectivity index (χ0) is 22.9. The van der Waals surface area contributed by atoms with Crippen LogP contribution in [-0.4, -0.2) is 4.57 Å². The van der Waals surface area contributed by atoms with E-state index >= 15 is 0 Å². The average Bonchev–Trinajstić information content (AvgIpc) is 3.33. The van der Waals surface area contributed by atoms with Crippen LogP contribution in [0, 0.1) is 0 Å². The van der Waals surface area contributed by atoms with Gasteiger partial charge in [0.1, 0.15) is 0 Å². The van der Waals surface area contributed by atoms with Gasteiger partial charge in [-0.1, -0.05) is 92.7 Å². The molecule has 1 heterocycles. The zero-order valence-corrected chi connectivity index (χ0v) is 19.4. The minimum atomic E-state index is 0.0392. The molecular weight excluding hydrogens is 410 g/mol. The van der Waals surface area contributed by atoms with E-state index in [0.29, 0.717) is 0 Å². The molecule has 0 fully saturated rings. The number of hydrogen-bond donors (Lipinski definition) is 0. The van der Waals surface area contributed by atoms with Crippen molar-refractivity contribution in [3.8, 4) is 27.9 Å². The Hall–Kier alpha value is -4.10. The van der Waals surface area contributed by atoms with Crippen molar-refractivity contribution in [1.29, 1.82) is 0 Å². The van der Waals surface area contributed by atoms with Crippen molar-refractivity contribution in [2.24, 2.45) is 0 Å². The molecule has 0 spiro atoms. The van der Waals surface area contributed by atoms with Gasteiger partial charge < -0.3 is 4.57 Å². The van der Waals surface area contributed by atoms with Gasteiger partial charge in [-0.3, -0.25) is 0 Å². The van der Waals surface area contributed by atoms with Gasteiger partial charge in [-0.2, -0.15) is 0 Å². The van der Waals surface area contributed by atoms with Crippen molar-refractivity contribution in [1.82, 2.24) is 4.57 Å². The van der Waals surface area contributed by atoms with Crippen LogP contribution in [0.3, 0.4) is 0 Å². The van der Waals surface area contributed by atoms with E-state index < -0.39 is 0 Å². The fourth-order valence-electron chi connectivity index (χ4n) is 5.91. The molecule has 6 aromatic rings. The molecule has 162 valence electrons. The third kappa shape index (κ3) is 2.61. The summed E-state index contributed by atoms with van der Waals surface area (Å²) in [7, 11) is 0. The molecule has 1 heteroatoms. The Bertz CT molecular complexity index is 1720. The molecule has 0 N–H and O–H groups in total. The lowest BCUT2D eigenvalue weighted by Gasteiger charge is -2.21. The summed E-state index contributed by atoms with van der Waals surface area (Å²) in [5, 5.41) is 2.58. The Kier molecular flexibility index (Phi) is 3.96. The summed E-state index contributed by atoms with van der Waals surface area (Å²) >= 11 is 0. The molecule has 5 aromatic carbocycles. The van der Waals surface area contributed by atoms with Crippen LogP contribution in [0.2, 0.25) is 0 Å². The average molecular weight is 436 g/mol. The first-order valence-corrected chi connectivity index (χ1v) is 12.0. The molecule has 0 amide bonds. The molecule has 1 aromatic heterocycles. The Morgan fingerprint density at radius 2 is 1.15 bits per heavy atom. The number of fused-ring (bicyclic) bond motifs is 6. The number of aromatic nitrogens is 1. The smallest absolute Gasteiger partial charge is 0.0541 e. The highest BCUT2D eigenvalue weighted by Crippen LogP contribution is 2.49. The molecule has 1 aliphatic carbocycles. The fourth-order valence-corrected chi connectivity index (χ4v) is 5.91. The summed E-state index contributed by atoms with van der Waals surface area (Å²) in [5.41, 5.74) is 11.8. The summed E-state index contributed by atoms with van der Waals surface area (Å²) < 4.78 is 2.37. The highest BCUT2D eigenvalue weighted by Gasteiger charge is 2.35. The van der Waals surface area contributed by atoms with Gasteiger partial charge in [-0.25, -0.2) is 0 Å². The molecule has 0 unspecified atom stereocenters. The Balaban J connectivity index is 1.45. The maximum Gasteiger partial charge on any atom is 0.0541 e. The van der Waals surface area contributed by atoms with Crippen LogP contribution < -0.4 is 0 Å². The number of rotatable bonds is 2. The monoisotopic (exact) mass is 435 g/mol. The Labute approximate surface area is 199 Å². The third-order valence-corrected chi connectivity index (χ3v) is 7.60. The second-order valence-electron chi connectivity index (χ2n) is 9.85. The molecule has 1 aliphatic rings. The van der Waals surface area contributed by atoms with E-state index in [1.165, 1.54) is 60.9 Å². The predicted octanol–water partition coefficient (Wildman–Crippen LogP) is 8.76. The predicted molar refractivity (Wildman–Crippen MR) is 144 cm³/mol. The largest absolute Gasteiger partial charge is 0.309 e. The summed E-state index contributed by atoms with van der Waals surface area (Å²) in [6.45, 7) is 4.67. The third-order valence-electron chi connectivity index (χ3n) is 7.60. The van der Waals surface area contributed by atoms with Gasteiger partial charge in [0.25, 0.3) is 0 Å². The Morgan fingerprint density at radius 1 is 0.500 bits per heavy atom. The van der Waals surface area contributed by atoms with E-state index in [0.717, 1.165) is 0 Å². The lowest BCUT2D eigenvalue weighted by atomic mass is 9.82. The second kappa shape index (κ2) is 6.95. The fraction of sp³-hybridized carbons (Fsp3) is 0.0909. The minimum absolute atomic E-state index is 0.0392. The van der Waals surface area contributed by atoms with Crippen molar-refractivity contribution in [3.05, 3.63) is 126 Å². The quantitative estimate of drug-likeness (QED) is 0.256. The zero-order valence-electron chi connectivity index (χ0n) is 19.4. The van der Waals surface area contributed by atoms with Crippen molar-refractivity contribution >= 4 is 21.8 Å². The maximum absolute atomic E-state index is 2.39. The van der Waals surface area contributed by atoms with Crippen molar-refractivity contribution in [2.45, 2.75) is 19.3 Å². The number of hydrogen-bond acceptors (Lipinski definition) is 0. The molecule has 0 radical (unpaired) electrons. The SMILES string of the molecule is CC1(C)c2ccccc2-c2cc(-c3ccc4c(c3)c3ccccc3n4-c3ccccc3)ccc21. The van der Waals surface area contributed by atoms with Crippen LogP contribution in [0.15, 0.2) is 115 Å². The van der Waals surface area contributed by atoms with Crippen molar-refractivity contribution in [3.63, 3.8) is 0 Å². The second-order valence-corrected chi connectivity index (χ2v) is 9.85. The molecule has 7 rings (SSSR count). The minimum Gasteiger partial charge on any atom is -0.309 e. The summed E-state index contributed by atoms with van der Waals surface area (Å²) in [6.07, 6.45) is 0. The van der Waals surface area contributed by atoms with Crippen molar-refractivity contribution in [2.75, 3.05) is 0 Å². The highest BCUT2D eigenvalue weighted by atomic mass is 15.0. The number of para-hydroxylation sites is 2. The first-order valence-electron chi connectivity index (χ1n) is 12.0. The first-order chi connectivity index (χ1) is 16.6. The van der Waals surface area contributed by atoms with E-state index in [-0.39, 0.29) is 5.41 Å². The van der Waals surface area contributed by atoms with Crippen LogP contribution in [0.4, 0.5) is 0 Å². The van der Waals surface area contributed by atoms with Gasteiger partial charge in [0.15, 0.2) is 0 Å². The molecule has 0 saturated carbocycles. The van der Waals surface area contributed by atoms with Gasteiger partial charge >= 0.3 is 0 Å². The molecule has 0 atom stereocenters. The normalized spacial score (nSPS) is 13.8. The van der Waals surface area contributed by atoms with Crippen LogP contribution in [-0.2, 0) is 5.41 Å². The lowest BCUT2D eigenvalue weighted by molar-refractivity contribution is 0.660. The first kappa shape index (κ1) is 19.4. The highest BCUT2D eigenvalue weighted by molar-refractivity contribution is 6.10. The summed E-state index contributed by atoms with van der Waals surface area (Å²) in [6, 6.07) is 42.2. The van der Waals surface area contributed by atoms with Crippen LogP contribution in [0.5, 0.6) is 0 Å². The lowest BCUT2D eigenvalue weighted by Crippen LogP contribution is -2.14. The number of benzene rings is 5. The van der Waals surface area contributed by atoms with E-state index in [4.69, 9.17) is 0 Å². The molecule has 1 nitrogen and oxygen atoms in total. The van der Waals surface area contributed by atoms with Crippen LogP contribution in [0.25, 0.3) is 49.7 Å². The van der Waals surface area contributed by atoms with E-state index in [2.05, 4.69) is 134 Å². The van der Waals surface area contributed by atoms with Crippen LogP contribution >= 0.6 is 0 Å².